The summed E-state index contributed by atoms with van der Waals surface area (Å²) in [5, 5.41) is 6.58. The van der Waals surface area contributed by atoms with E-state index in [0.717, 1.165) is 21.1 Å². The van der Waals surface area contributed by atoms with Gasteiger partial charge in [0.25, 0.3) is 0 Å². The summed E-state index contributed by atoms with van der Waals surface area (Å²) < 4.78 is 6.12. The summed E-state index contributed by atoms with van der Waals surface area (Å²) in [6.45, 7) is 1.90. The van der Waals surface area contributed by atoms with Crippen LogP contribution < -0.4 is 15.4 Å². The molecule has 24 heavy (non-hydrogen) atoms. The number of anilines is 2. The number of hydrogen-bond acceptors (Lipinski definition) is 3. The van der Waals surface area contributed by atoms with Crippen LogP contribution in [0.25, 0.3) is 10.9 Å². The zero-order valence-electron chi connectivity index (χ0n) is 13.3. The van der Waals surface area contributed by atoms with E-state index in [0.29, 0.717) is 17.1 Å². The highest BCUT2D eigenvalue weighted by Gasteiger charge is 2.11. The minimum absolute atomic E-state index is 0.345. The van der Waals surface area contributed by atoms with Gasteiger partial charge in [-0.15, -0.1) is 0 Å². The molecule has 122 valence electrons. The SMILES string of the molecule is COc1ccc(Br)cc1NC(=O)Nc1cc(C)nc2ccccc12. The molecular formula is C18H16BrN3O2. The standard InChI is InChI=1S/C18H16BrN3O2/c1-11-9-15(13-5-3-4-6-14(13)20-11)21-18(23)22-16-10-12(19)7-8-17(16)24-2/h3-10H,1-2H3,(H2,20,21,22,23). The van der Waals surface area contributed by atoms with Gasteiger partial charge in [-0.05, 0) is 37.3 Å². The van der Waals surface area contributed by atoms with Crippen molar-refractivity contribution in [1.82, 2.24) is 4.98 Å². The summed E-state index contributed by atoms with van der Waals surface area (Å²) in [6.07, 6.45) is 0. The number of aryl methyl sites for hydroxylation is 1. The van der Waals surface area contributed by atoms with Gasteiger partial charge in [-0.25, -0.2) is 4.79 Å². The van der Waals surface area contributed by atoms with Crippen LogP contribution in [0.4, 0.5) is 16.2 Å². The Balaban J connectivity index is 1.87. The summed E-state index contributed by atoms with van der Waals surface area (Å²) >= 11 is 3.39. The van der Waals surface area contributed by atoms with E-state index >= 15 is 0 Å². The van der Waals surface area contributed by atoms with E-state index in [2.05, 4.69) is 31.5 Å². The maximum Gasteiger partial charge on any atom is 0.323 e. The molecule has 2 N–H and O–H groups in total. The van der Waals surface area contributed by atoms with Crippen molar-refractivity contribution in [2.75, 3.05) is 17.7 Å². The second-order valence-corrected chi connectivity index (χ2v) is 6.17. The number of amides is 2. The Morgan fingerprint density at radius 1 is 1.08 bits per heavy atom. The molecule has 2 aromatic carbocycles. The van der Waals surface area contributed by atoms with Gasteiger partial charge in [0.05, 0.1) is 24.0 Å². The van der Waals surface area contributed by atoms with E-state index in [-0.39, 0.29) is 6.03 Å². The summed E-state index contributed by atoms with van der Waals surface area (Å²) in [7, 11) is 1.56. The number of aromatic nitrogens is 1. The van der Waals surface area contributed by atoms with Gasteiger partial charge in [-0.2, -0.15) is 0 Å². The van der Waals surface area contributed by atoms with Crippen LogP contribution in [0, 0.1) is 6.92 Å². The van der Waals surface area contributed by atoms with E-state index in [1.165, 1.54) is 0 Å². The molecule has 6 heteroatoms. The molecule has 2 amide bonds. The number of hydrogen-bond donors (Lipinski definition) is 2. The predicted molar refractivity (Wildman–Crippen MR) is 99.8 cm³/mol. The minimum atomic E-state index is -0.345. The van der Waals surface area contributed by atoms with Crippen LogP contribution in [0.1, 0.15) is 5.69 Å². The molecule has 3 rings (SSSR count). The second-order valence-electron chi connectivity index (χ2n) is 5.25. The molecule has 0 saturated carbocycles. The fourth-order valence-corrected chi connectivity index (χ4v) is 2.83. The topological polar surface area (TPSA) is 63.2 Å². The number of rotatable bonds is 3. The molecule has 0 aliphatic rings. The number of fused-ring (bicyclic) bond motifs is 1. The van der Waals surface area contributed by atoms with E-state index < -0.39 is 0 Å². The first-order valence-corrected chi connectivity index (χ1v) is 8.14. The van der Waals surface area contributed by atoms with Crippen molar-refractivity contribution in [1.29, 1.82) is 0 Å². The molecule has 0 bridgehead atoms. The maximum absolute atomic E-state index is 12.4. The van der Waals surface area contributed by atoms with Gasteiger partial charge in [-0.3, -0.25) is 4.98 Å². The first-order chi connectivity index (χ1) is 11.6. The Kier molecular flexibility index (Phi) is 4.66. The van der Waals surface area contributed by atoms with E-state index in [1.54, 1.807) is 19.2 Å². The normalized spacial score (nSPS) is 10.5. The van der Waals surface area contributed by atoms with Gasteiger partial charge in [0.2, 0.25) is 0 Å². The van der Waals surface area contributed by atoms with E-state index in [9.17, 15) is 4.79 Å². The smallest absolute Gasteiger partial charge is 0.323 e. The second kappa shape index (κ2) is 6.88. The van der Waals surface area contributed by atoms with Crippen LogP contribution in [0.15, 0.2) is 53.0 Å². The summed E-state index contributed by atoms with van der Waals surface area (Å²) in [5.41, 5.74) is 2.97. The van der Waals surface area contributed by atoms with Gasteiger partial charge < -0.3 is 15.4 Å². The molecule has 3 aromatic rings. The molecule has 0 radical (unpaired) electrons. The van der Waals surface area contributed by atoms with Gasteiger partial charge >= 0.3 is 6.03 Å². The van der Waals surface area contributed by atoms with E-state index in [4.69, 9.17) is 4.74 Å². The van der Waals surface area contributed by atoms with Gasteiger partial charge in [0.1, 0.15) is 5.75 Å². The molecule has 1 aromatic heterocycles. The molecule has 0 fully saturated rings. The number of halogens is 1. The molecule has 0 aliphatic heterocycles. The largest absolute Gasteiger partial charge is 0.495 e. The number of nitrogens with one attached hydrogen (secondary N) is 2. The van der Waals surface area contributed by atoms with Crippen molar-refractivity contribution in [2.24, 2.45) is 0 Å². The average Bonchev–Trinajstić information content (AvgIpc) is 2.55. The fourth-order valence-electron chi connectivity index (χ4n) is 2.46. The van der Waals surface area contributed by atoms with Crippen molar-refractivity contribution in [3.8, 4) is 5.75 Å². The quantitative estimate of drug-likeness (QED) is 0.669. The highest BCUT2D eigenvalue weighted by atomic mass is 79.9. The monoisotopic (exact) mass is 385 g/mol. The van der Waals surface area contributed by atoms with Crippen molar-refractivity contribution in [2.45, 2.75) is 6.92 Å². The molecular weight excluding hydrogens is 370 g/mol. The fraction of sp³-hybridized carbons (Fsp3) is 0.111. The van der Waals surface area contributed by atoms with Gasteiger partial charge in [0, 0.05) is 15.6 Å². The molecule has 0 aliphatic carbocycles. The van der Waals surface area contributed by atoms with Gasteiger partial charge in [-0.1, -0.05) is 34.1 Å². The molecule has 5 nitrogen and oxygen atoms in total. The van der Waals surface area contributed by atoms with Crippen molar-refractivity contribution in [3.63, 3.8) is 0 Å². The average molecular weight is 386 g/mol. The number of nitrogens with zero attached hydrogens (tertiary/aromatic N) is 1. The van der Waals surface area contributed by atoms with Crippen LogP contribution in [0.3, 0.4) is 0 Å². The number of carbonyl (C=O) groups is 1. The van der Waals surface area contributed by atoms with Crippen LogP contribution >= 0.6 is 15.9 Å². The Morgan fingerprint density at radius 3 is 2.62 bits per heavy atom. The highest BCUT2D eigenvalue weighted by molar-refractivity contribution is 9.10. The third-order valence-corrected chi connectivity index (χ3v) is 4.00. The molecule has 0 unspecified atom stereocenters. The molecule has 0 spiro atoms. The summed E-state index contributed by atoms with van der Waals surface area (Å²) in [4.78, 5) is 16.9. The minimum Gasteiger partial charge on any atom is -0.495 e. The maximum atomic E-state index is 12.4. The van der Waals surface area contributed by atoms with Crippen LogP contribution in [-0.2, 0) is 0 Å². The summed E-state index contributed by atoms with van der Waals surface area (Å²) in [6, 6.07) is 14.6. The Bertz CT molecular complexity index is 912. The third kappa shape index (κ3) is 3.49. The highest BCUT2D eigenvalue weighted by Crippen LogP contribution is 2.28. The lowest BCUT2D eigenvalue weighted by molar-refractivity contribution is 0.262. The summed E-state index contributed by atoms with van der Waals surface area (Å²) in [5.74, 6) is 0.587. The first-order valence-electron chi connectivity index (χ1n) is 7.35. The third-order valence-electron chi connectivity index (χ3n) is 3.50. The Hall–Kier alpha value is -2.60. The van der Waals surface area contributed by atoms with Crippen molar-refractivity contribution < 1.29 is 9.53 Å². The lowest BCUT2D eigenvalue weighted by Crippen LogP contribution is -2.20. The zero-order valence-corrected chi connectivity index (χ0v) is 14.8. The number of para-hydroxylation sites is 1. The number of methoxy groups -OCH3 is 1. The van der Waals surface area contributed by atoms with Gasteiger partial charge in [0.15, 0.2) is 0 Å². The number of pyridine rings is 1. The van der Waals surface area contributed by atoms with E-state index in [1.807, 2.05) is 43.3 Å². The number of ether oxygens (including phenoxy) is 1. The lowest BCUT2D eigenvalue weighted by Gasteiger charge is -2.13. The van der Waals surface area contributed by atoms with Crippen LogP contribution in [-0.4, -0.2) is 18.1 Å². The van der Waals surface area contributed by atoms with Crippen LogP contribution in [0.2, 0.25) is 0 Å². The van der Waals surface area contributed by atoms with Crippen LogP contribution in [0.5, 0.6) is 5.75 Å². The molecule has 0 atom stereocenters. The zero-order chi connectivity index (χ0) is 17.1. The Morgan fingerprint density at radius 2 is 1.83 bits per heavy atom. The Labute approximate surface area is 148 Å². The first kappa shape index (κ1) is 16.3. The van der Waals surface area contributed by atoms with Crippen molar-refractivity contribution >= 4 is 44.2 Å². The predicted octanol–water partition coefficient (Wildman–Crippen LogP) is 4.96. The lowest BCUT2D eigenvalue weighted by atomic mass is 10.1. The number of benzene rings is 2. The number of carbonyl (C=O) groups excluding carboxylic acids is 1. The number of urea groups is 1. The van der Waals surface area contributed by atoms with Crippen molar-refractivity contribution in [3.05, 3.63) is 58.7 Å². The molecule has 0 saturated heterocycles. The molecule has 1 heterocycles.